The van der Waals surface area contributed by atoms with Crippen molar-refractivity contribution >= 4 is 40.9 Å². The van der Waals surface area contributed by atoms with E-state index in [0.29, 0.717) is 25.5 Å². The van der Waals surface area contributed by atoms with Crippen molar-refractivity contribution in [1.82, 2.24) is 10.3 Å². The van der Waals surface area contributed by atoms with Gasteiger partial charge in [-0.15, -0.1) is 0 Å². The molecule has 9 heteroatoms. The van der Waals surface area contributed by atoms with Gasteiger partial charge in [0.2, 0.25) is 0 Å². The van der Waals surface area contributed by atoms with E-state index >= 15 is 0 Å². The van der Waals surface area contributed by atoms with Crippen LogP contribution in [0.2, 0.25) is 10.0 Å². The van der Waals surface area contributed by atoms with Gasteiger partial charge in [-0.1, -0.05) is 47.1 Å². The van der Waals surface area contributed by atoms with Crippen LogP contribution < -0.4 is 5.32 Å². The second kappa shape index (κ2) is 9.07. The van der Waals surface area contributed by atoms with E-state index < -0.39 is 17.6 Å². The predicted molar refractivity (Wildman–Crippen MR) is 107 cm³/mol. The van der Waals surface area contributed by atoms with E-state index in [-0.39, 0.29) is 12.1 Å². The summed E-state index contributed by atoms with van der Waals surface area (Å²) in [5.74, 6) is -0.418. The Morgan fingerprint density at radius 3 is 2.59 bits per heavy atom. The summed E-state index contributed by atoms with van der Waals surface area (Å²) in [5.41, 5.74) is 0.169. The zero-order valence-electron chi connectivity index (χ0n) is 14.6. The van der Waals surface area contributed by atoms with Gasteiger partial charge in [-0.05, 0) is 48.0 Å². The number of pyridine rings is 1. The largest absolute Gasteiger partial charge is 0.416 e. The van der Waals surface area contributed by atoms with Crippen LogP contribution in [-0.4, -0.2) is 10.9 Å². The molecule has 3 rings (SSSR count). The minimum atomic E-state index is -4.45. The highest BCUT2D eigenvalue weighted by molar-refractivity contribution is 7.99. The summed E-state index contributed by atoms with van der Waals surface area (Å²) < 4.78 is 38.8. The molecule has 1 aromatic heterocycles. The Bertz CT molecular complexity index is 1040. The van der Waals surface area contributed by atoms with Crippen molar-refractivity contribution in [2.24, 2.45) is 0 Å². The smallest absolute Gasteiger partial charge is 0.348 e. The Labute approximate surface area is 179 Å². The van der Waals surface area contributed by atoms with Gasteiger partial charge in [-0.25, -0.2) is 4.98 Å². The van der Waals surface area contributed by atoms with Crippen LogP contribution in [0.15, 0.2) is 70.7 Å². The molecule has 0 saturated heterocycles. The first-order chi connectivity index (χ1) is 13.7. The Hall–Kier alpha value is -2.22. The zero-order valence-corrected chi connectivity index (χ0v) is 17.0. The molecule has 2 aromatic carbocycles. The van der Waals surface area contributed by atoms with Gasteiger partial charge in [0, 0.05) is 27.7 Å². The third-order valence-electron chi connectivity index (χ3n) is 3.85. The monoisotopic (exact) mass is 456 g/mol. The highest BCUT2D eigenvalue weighted by atomic mass is 35.5. The maximum absolute atomic E-state index is 12.9. The molecule has 3 nitrogen and oxygen atoms in total. The fraction of sp³-hybridized carbons (Fsp3) is 0.100. The molecule has 0 spiro atoms. The number of amides is 1. The van der Waals surface area contributed by atoms with Gasteiger partial charge in [0.15, 0.2) is 0 Å². The van der Waals surface area contributed by atoms with Crippen molar-refractivity contribution in [2.45, 2.75) is 22.6 Å². The van der Waals surface area contributed by atoms with Crippen LogP contribution in [0.3, 0.4) is 0 Å². The second-order valence-corrected chi connectivity index (χ2v) is 7.81. The summed E-state index contributed by atoms with van der Waals surface area (Å²) in [7, 11) is 0. The molecular weight excluding hydrogens is 444 g/mol. The van der Waals surface area contributed by atoms with Crippen LogP contribution in [0, 0.1) is 0 Å². The number of carbonyl (C=O) groups excluding carboxylic acids is 1. The summed E-state index contributed by atoms with van der Waals surface area (Å²) in [5, 5.41) is 3.94. The van der Waals surface area contributed by atoms with Crippen LogP contribution in [0.4, 0.5) is 13.2 Å². The molecule has 1 N–H and O–H groups in total. The fourth-order valence-electron chi connectivity index (χ4n) is 2.43. The standard InChI is InChI=1S/C20H13Cl2F3N2OS/c21-14-7-6-12(17(22)10-14)11-27-18(28)16-5-2-8-26-19(16)29-15-4-1-3-13(9-15)20(23,24)25/h1-10H,11H2,(H,27,28). The first kappa shape index (κ1) is 21.5. The lowest BCUT2D eigenvalue weighted by Crippen LogP contribution is -2.23. The number of hydrogen-bond donors (Lipinski definition) is 1. The Morgan fingerprint density at radius 1 is 1.07 bits per heavy atom. The molecule has 0 unspecified atom stereocenters. The van der Waals surface area contributed by atoms with E-state index in [1.807, 2.05) is 0 Å². The number of carbonyl (C=O) groups is 1. The van der Waals surface area contributed by atoms with Crippen molar-refractivity contribution in [2.75, 3.05) is 0 Å². The normalized spacial score (nSPS) is 11.3. The van der Waals surface area contributed by atoms with E-state index in [0.717, 1.165) is 23.9 Å². The fourth-order valence-corrected chi connectivity index (χ4v) is 3.84. The molecule has 29 heavy (non-hydrogen) atoms. The number of alkyl halides is 3. The van der Waals surface area contributed by atoms with Gasteiger partial charge in [0.05, 0.1) is 11.1 Å². The predicted octanol–water partition coefficient (Wildman–Crippen LogP) is 6.49. The van der Waals surface area contributed by atoms with Crippen LogP contribution in [0.1, 0.15) is 21.5 Å². The summed E-state index contributed by atoms with van der Waals surface area (Å²) in [6.07, 6.45) is -2.97. The molecule has 1 heterocycles. The second-order valence-electron chi connectivity index (χ2n) is 5.90. The Kier molecular flexibility index (Phi) is 6.72. The molecule has 3 aromatic rings. The number of aromatic nitrogens is 1. The lowest BCUT2D eigenvalue weighted by atomic mass is 10.2. The van der Waals surface area contributed by atoms with Crippen molar-refractivity contribution in [3.05, 3.63) is 87.5 Å². The van der Waals surface area contributed by atoms with E-state index in [1.165, 1.54) is 18.3 Å². The molecule has 150 valence electrons. The number of hydrogen-bond acceptors (Lipinski definition) is 3. The molecule has 0 radical (unpaired) electrons. The van der Waals surface area contributed by atoms with Gasteiger partial charge in [0.1, 0.15) is 5.03 Å². The van der Waals surface area contributed by atoms with E-state index in [9.17, 15) is 18.0 Å². The van der Waals surface area contributed by atoms with Gasteiger partial charge >= 0.3 is 6.18 Å². The Morgan fingerprint density at radius 2 is 1.86 bits per heavy atom. The summed E-state index contributed by atoms with van der Waals surface area (Å²) in [4.78, 5) is 17.1. The van der Waals surface area contributed by atoms with Gasteiger partial charge < -0.3 is 5.32 Å². The van der Waals surface area contributed by atoms with E-state index in [1.54, 1.807) is 30.3 Å². The van der Waals surface area contributed by atoms with Gasteiger partial charge in [-0.2, -0.15) is 13.2 Å². The van der Waals surface area contributed by atoms with Gasteiger partial charge in [-0.3, -0.25) is 4.79 Å². The minimum Gasteiger partial charge on any atom is -0.348 e. The highest BCUT2D eigenvalue weighted by Gasteiger charge is 2.30. The van der Waals surface area contributed by atoms with Crippen LogP contribution in [-0.2, 0) is 12.7 Å². The van der Waals surface area contributed by atoms with Crippen molar-refractivity contribution in [3.8, 4) is 0 Å². The summed E-state index contributed by atoms with van der Waals surface area (Å²) in [6.45, 7) is 0.164. The lowest BCUT2D eigenvalue weighted by Gasteiger charge is -2.11. The summed E-state index contributed by atoms with van der Waals surface area (Å²) >= 11 is 12.9. The molecule has 0 aliphatic carbocycles. The van der Waals surface area contributed by atoms with Crippen LogP contribution >= 0.6 is 35.0 Å². The molecule has 0 saturated carbocycles. The van der Waals surface area contributed by atoms with Crippen molar-refractivity contribution in [1.29, 1.82) is 0 Å². The number of rotatable bonds is 5. The maximum Gasteiger partial charge on any atom is 0.416 e. The SMILES string of the molecule is O=C(NCc1ccc(Cl)cc1Cl)c1cccnc1Sc1cccc(C(F)(F)F)c1. The lowest BCUT2D eigenvalue weighted by molar-refractivity contribution is -0.137. The number of halogens is 5. The summed E-state index contributed by atoms with van der Waals surface area (Å²) in [6, 6.07) is 12.9. The average molecular weight is 457 g/mol. The van der Waals surface area contributed by atoms with Crippen molar-refractivity contribution < 1.29 is 18.0 Å². The molecule has 0 fully saturated rings. The van der Waals surface area contributed by atoms with Crippen molar-refractivity contribution in [3.63, 3.8) is 0 Å². The van der Waals surface area contributed by atoms with Crippen LogP contribution in [0.25, 0.3) is 0 Å². The average Bonchev–Trinajstić information content (AvgIpc) is 2.67. The number of nitrogens with one attached hydrogen (secondary N) is 1. The first-order valence-corrected chi connectivity index (χ1v) is 9.83. The zero-order chi connectivity index (χ0) is 21.0. The number of nitrogens with zero attached hydrogens (tertiary/aromatic N) is 1. The topological polar surface area (TPSA) is 42.0 Å². The maximum atomic E-state index is 12.9. The molecule has 0 aliphatic rings. The highest BCUT2D eigenvalue weighted by Crippen LogP contribution is 2.34. The molecule has 0 atom stereocenters. The minimum absolute atomic E-state index is 0.164. The van der Waals surface area contributed by atoms with E-state index in [4.69, 9.17) is 23.2 Å². The quantitative estimate of drug-likeness (QED) is 0.477. The number of benzene rings is 2. The Balaban J connectivity index is 1.77. The van der Waals surface area contributed by atoms with Crippen LogP contribution in [0.5, 0.6) is 0 Å². The molecule has 0 aliphatic heterocycles. The van der Waals surface area contributed by atoms with Gasteiger partial charge in [0.25, 0.3) is 5.91 Å². The molecular formula is C20H13Cl2F3N2OS. The molecule has 0 bridgehead atoms. The third kappa shape index (κ3) is 5.65. The van der Waals surface area contributed by atoms with E-state index in [2.05, 4.69) is 10.3 Å². The first-order valence-electron chi connectivity index (χ1n) is 8.26. The molecule has 1 amide bonds. The third-order valence-corrected chi connectivity index (χ3v) is 5.44.